The van der Waals surface area contributed by atoms with E-state index in [1.165, 1.54) is 32.1 Å². The van der Waals surface area contributed by atoms with E-state index in [0.29, 0.717) is 6.04 Å². The van der Waals surface area contributed by atoms with Gasteiger partial charge in [0.05, 0.1) is 11.8 Å². The van der Waals surface area contributed by atoms with Crippen LogP contribution in [0, 0.1) is 0 Å². The van der Waals surface area contributed by atoms with Gasteiger partial charge in [0.1, 0.15) is 6.23 Å². The summed E-state index contributed by atoms with van der Waals surface area (Å²) < 4.78 is 5.81. The van der Waals surface area contributed by atoms with Crippen molar-refractivity contribution in [1.29, 1.82) is 0 Å². The van der Waals surface area contributed by atoms with Crippen molar-refractivity contribution in [1.82, 2.24) is 16.0 Å². The predicted molar refractivity (Wildman–Crippen MR) is 76.2 cm³/mol. The summed E-state index contributed by atoms with van der Waals surface area (Å²) in [5.74, 6) is 0. The van der Waals surface area contributed by atoms with Crippen LogP contribution in [0.3, 0.4) is 0 Å². The molecule has 0 bridgehead atoms. The Morgan fingerprint density at radius 1 is 1.17 bits per heavy atom. The molecule has 3 N–H and O–H groups in total. The van der Waals surface area contributed by atoms with Gasteiger partial charge in [-0.3, -0.25) is 5.32 Å². The maximum absolute atomic E-state index is 5.81. The second kappa shape index (κ2) is 8.38. The van der Waals surface area contributed by atoms with Crippen LogP contribution in [0.4, 0.5) is 0 Å². The van der Waals surface area contributed by atoms with E-state index in [9.17, 15) is 0 Å². The van der Waals surface area contributed by atoms with Gasteiger partial charge in [-0.1, -0.05) is 19.3 Å². The zero-order valence-electron chi connectivity index (χ0n) is 12.3. The van der Waals surface area contributed by atoms with E-state index in [2.05, 4.69) is 22.2 Å². The summed E-state index contributed by atoms with van der Waals surface area (Å²) in [6.45, 7) is 4.10. The number of ether oxygens (including phenoxy) is 1. The highest BCUT2D eigenvalue weighted by Gasteiger charge is 2.15. The molecule has 1 fully saturated rings. The van der Waals surface area contributed by atoms with Crippen molar-refractivity contribution < 1.29 is 4.74 Å². The van der Waals surface area contributed by atoms with Crippen molar-refractivity contribution in [2.75, 3.05) is 14.1 Å². The van der Waals surface area contributed by atoms with Gasteiger partial charge in [0.2, 0.25) is 0 Å². The summed E-state index contributed by atoms with van der Waals surface area (Å²) >= 11 is 0. The van der Waals surface area contributed by atoms with E-state index in [-0.39, 0.29) is 12.3 Å². The average Bonchev–Trinajstić information content (AvgIpc) is 2.38. The van der Waals surface area contributed by atoms with Crippen LogP contribution in [0.2, 0.25) is 0 Å². The molecule has 1 rings (SSSR count). The molecule has 0 aromatic carbocycles. The van der Waals surface area contributed by atoms with Gasteiger partial charge >= 0.3 is 0 Å². The first kappa shape index (κ1) is 15.3. The summed E-state index contributed by atoms with van der Waals surface area (Å²) in [5, 5.41) is 9.90. The molecular formula is C14H29N3O. The van der Waals surface area contributed by atoms with Crippen molar-refractivity contribution in [3.63, 3.8) is 0 Å². The van der Waals surface area contributed by atoms with Crippen LogP contribution in [-0.4, -0.2) is 32.5 Å². The highest BCUT2D eigenvalue weighted by atomic mass is 16.5. The quantitative estimate of drug-likeness (QED) is 0.608. The predicted octanol–water partition coefficient (Wildman–Crippen LogP) is 1.94. The van der Waals surface area contributed by atoms with Crippen LogP contribution < -0.4 is 16.0 Å². The molecule has 4 nitrogen and oxygen atoms in total. The first-order valence-corrected chi connectivity index (χ1v) is 7.14. The molecule has 0 aliphatic heterocycles. The van der Waals surface area contributed by atoms with Crippen molar-refractivity contribution in [3.05, 3.63) is 11.9 Å². The van der Waals surface area contributed by atoms with Crippen LogP contribution in [0.5, 0.6) is 0 Å². The van der Waals surface area contributed by atoms with E-state index in [4.69, 9.17) is 4.74 Å². The molecule has 0 heterocycles. The molecule has 1 saturated carbocycles. The molecule has 0 spiro atoms. The molecule has 1 unspecified atom stereocenters. The maximum atomic E-state index is 5.81. The Morgan fingerprint density at radius 2 is 1.83 bits per heavy atom. The lowest BCUT2D eigenvalue weighted by molar-refractivity contribution is 0.0108. The Morgan fingerprint density at radius 3 is 2.33 bits per heavy atom. The Bertz CT molecular complexity index is 247. The lowest BCUT2D eigenvalue weighted by Gasteiger charge is -2.25. The van der Waals surface area contributed by atoms with Crippen LogP contribution in [0.15, 0.2) is 11.9 Å². The number of hydrogen-bond acceptors (Lipinski definition) is 4. The maximum Gasteiger partial charge on any atom is 0.150 e. The molecule has 0 radical (unpaired) electrons. The van der Waals surface area contributed by atoms with Crippen molar-refractivity contribution >= 4 is 0 Å². The molecule has 0 saturated heterocycles. The summed E-state index contributed by atoms with van der Waals surface area (Å²) in [7, 11) is 3.85. The number of hydrogen-bond donors (Lipinski definition) is 3. The SMILES string of the molecule is CN/C(=C/NC1CCCCC1)C(NC)OC(C)C. The van der Waals surface area contributed by atoms with Crippen LogP contribution in [0.25, 0.3) is 0 Å². The van der Waals surface area contributed by atoms with Crippen LogP contribution >= 0.6 is 0 Å². The highest BCUT2D eigenvalue weighted by molar-refractivity contribution is 5.04. The molecule has 0 aromatic heterocycles. The minimum Gasteiger partial charge on any atom is -0.387 e. The van der Waals surface area contributed by atoms with Gasteiger partial charge in [-0.25, -0.2) is 0 Å². The average molecular weight is 255 g/mol. The topological polar surface area (TPSA) is 45.3 Å². The van der Waals surface area contributed by atoms with Crippen molar-refractivity contribution in [2.24, 2.45) is 0 Å². The Labute approximate surface area is 112 Å². The fourth-order valence-corrected chi connectivity index (χ4v) is 2.32. The molecule has 1 aliphatic rings. The van der Waals surface area contributed by atoms with E-state index < -0.39 is 0 Å². The summed E-state index contributed by atoms with van der Waals surface area (Å²) in [6.07, 6.45) is 8.83. The standard InChI is InChI=1S/C14H29N3O/c1-11(2)18-14(16-4)13(15-3)10-17-12-8-6-5-7-9-12/h10-12,14-17H,5-9H2,1-4H3/b13-10+. The minimum absolute atomic E-state index is 0.0777. The van der Waals surface area contributed by atoms with Gasteiger partial charge in [0.15, 0.2) is 0 Å². The normalized spacial score (nSPS) is 19.9. The number of likely N-dealkylation sites (N-methyl/N-ethyl adjacent to an activating group) is 2. The van der Waals surface area contributed by atoms with Crippen LogP contribution in [-0.2, 0) is 4.74 Å². The minimum atomic E-state index is -0.0777. The summed E-state index contributed by atoms with van der Waals surface area (Å²) in [6, 6.07) is 0.624. The lowest BCUT2D eigenvalue weighted by Crippen LogP contribution is -2.39. The Hall–Kier alpha value is -0.740. The zero-order chi connectivity index (χ0) is 13.4. The number of rotatable bonds is 7. The van der Waals surface area contributed by atoms with E-state index >= 15 is 0 Å². The van der Waals surface area contributed by atoms with Gasteiger partial charge in [-0.2, -0.15) is 0 Å². The lowest BCUT2D eigenvalue weighted by atomic mass is 9.96. The van der Waals surface area contributed by atoms with Crippen molar-refractivity contribution in [2.45, 2.75) is 64.3 Å². The molecule has 1 aliphatic carbocycles. The molecule has 4 heteroatoms. The third-order valence-corrected chi connectivity index (χ3v) is 3.32. The monoisotopic (exact) mass is 255 g/mol. The summed E-state index contributed by atoms with van der Waals surface area (Å²) in [4.78, 5) is 0. The first-order valence-electron chi connectivity index (χ1n) is 7.14. The van der Waals surface area contributed by atoms with Gasteiger partial charge < -0.3 is 15.4 Å². The largest absolute Gasteiger partial charge is 0.387 e. The van der Waals surface area contributed by atoms with Gasteiger partial charge in [0, 0.05) is 19.3 Å². The first-order chi connectivity index (χ1) is 8.67. The van der Waals surface area contributed by atoms with Gasteiger partial charge in [0.25, 0.3) is 0 Å². The van der Waals surface area contributed by atoms with E-state index in [0.717, 1.165) is 5.70 Å². The van der Waals surface area contributed by atoms with Crippen LogP contribution in [0.1, 0.15) is 46.0 Å². The third kappa shape index (κ3) is 5.27. The van der Waals surface area contributed by atoms with Crippen molar-refractivity contribution in [3.8, 4) is 0 Å². The third-order valence-electron chi connectivity index (χ3n) is 3.32. The van der Waals surface area contributed by atoms with Gasteiger partial charge in [-0.15, -0.1) is 0 Å². The van der Waals surface area contributed by atoms with Gasteiger partial charge in [-0.05, 0) is 33.7 Å². The zero-order valence-corrected chi connectivity index (χ0v) is 12.3. The highest BCUT2D eigenvalue weighted by Crippen LogP contribution is 2.17. The Kier molecular flexibility index (Phi) is 7.13. The molecule has 0 aromatic rings. The Balaban J connectivity index is 2.50. The molecule has 106 valence electrons. The van der Waals surface area contributed by atoms with E-state index in [1.807, 2.05) is 27.9 Å². The molecule has 0 amide bonds. The smallest absolute Gasteiger partial charge is 0.150 e. The number of nitrogens with one attached hydrogen (secondary N) is 3. The second-order valence-electron chi connectivity index (χ2n) is 5.20. The summed E-state index contributed by atoms with van der Waals surface area (Å²) in [5.41, 5.74) is 1.05. The van der Waals surface area contributed by atoms with E-state index in [1.54, 1.807) is 0 Å². The second-order valence-corrected chi connectivity index (χ2v) is 5.20. The fourth-order valence-electron chi connectivity index (χ4n) is 2.32. The molecule has 1 atom stereocenters. The molecule has 18 heavy (non-hydrogen) atoms. The molecular weight excluding hydrogens is 226 g/mol. The fraction of sp³-hybridized carbons (Fsp3) is 0.857.